The number of ether oxygens (including phenoxy) is 1. The smallest absolute Gasteiger partial charge is 0.325 e. The van der Waals surface area contributed by atoms with Crippen molar-refractivity contribution in [2.24, 2.45) is 11.7 Å². The largest absolute Gasteiger partial charge is 0.373 e. The lowest BCUT2D eigenvalue weighted by Gasteiger charge is -2.38. The van der Waals surface area contributed by atoms with E-state index < -0.39 is 5.54 Å². The van der Waals surface area contributed by atoms with E-state index in [2.05, 4.69) is 5.32 Å². The summed E-state index contributed by atoms with van der Waals surface area (Å²) in [5.74, 6) is -0.0399. The summed E-state index contributed by atoms with van der Waals surface area (Å²) in [6, 6.07) is -0.275. The molecular formula is C15H25N3O3. The highest BCUT2D eigenvalue weighted by atomic mass is 16.5. The molecule has 3 fully saturated rings. The fraction of sp³-hybridized carbons (Fsp3) is 0.867. The topological polar surface area (TPSA) is 84.7 Å². The first-order chi connectivity index (χ1) is 10.1. The minimum Gasteiger partial charge on any atom is -0.373 e. The quantitative estimate of drug-likeness (QED) is 0.761. The number of nitrogens with zero attached hydrogens (tertiary/aromatic N) is 1. The number of hydrogen-bond donors (Lipinski definition) is 2. The molecule has 0 aromatic carbocycles. The van der Waals surface area contributed by atoms with Crippen LogP contribution < -0.4 is 11.1 Å². The number of hydrogen-bond acceptors (Lipinski definition) is 4. The van der Waals surface area contributed by atoms with Crippen molar-refractivity contribution < 1.29 is 14.3 Å². The minimum atomic E-state index is -0.756. The molecule has 1 saturated carbocycles. The molecule has 0 aromatic heterocycles. The van der Waals surface area contributed by atoms with Gasteiger partial charge in [0.2, 0.25) is 0 Å². The van der Waals surface area contributed by atoms with Gasteiger partial charge in [-0.05, 0) is 39.2 Å². The zero-order chi connectivity index (χ0) is 15.0. The molecule has 3 amide bonds. The van der Waals surface area contributed by atoms with E-state index in [1.807, 2.05) is 6.92 Å². The maximum Gasteiger partial charge on any atom is 0.325 e. The second-order valence-electron chi connectivity index (χ2n) is 6.64. The van der Waals surface area contributed by atoms with Crippen LogP contribution in [0.5, 0.6) is 0 Å². The lowest BCUT2D eigenvalue weighted by Crippen LogP contribution is -2.57. The molecule has 21 heavy (non-hydrogen) atoms. The second kappa shape index (κ2) is 5.57. The van der Waals surface area contributed by atoms with E-state index in [1.54, 1.807) is 0 Å². The van der Waals surface area contributed by atoms with E-state index in [0.717, 1.165) is 32.1 Å². The predicted molar refractivity (Wildman–Crippen MR) is 77.6 cm³/mol. The summed E-state index contributed by atoms with van der Waals surface area (Å²) in [6.07, 6.45) is 5.76. The van der Waals surface area contributed by atoms with Gasteiger partial charge in [-0.25, -0.2) is 4.79 Å². The Morgan fingerprint density at radius 1 is 1.33 bits per heavy atom. The highest BCUT2D eigenvalue weighted by molar-refractivity contribution is 6.07. The normalized spacial score (nSPS) is 40.1. The van der Waals surface area contributed by atoms with Crippen molar-refractivity contribution in [2.75, 3.05) is 13.1 Å². The first-order valence-corrected chi connectivity index (χ1v) is 8.06. The third kappa shape index (κ3) is 2.44. The maximum absolute atomic E-state index is 12.9. The SMILES string of the molecule is CC1CCC(CN2C(=O)NC3(CCCCC3CN)C2=O)O1. The summed E-state index contributed by atoms with van der Waals surface area (Å²) in [4.78, 5) is 26.5. The third-order valence-corrected chi connectivity index (χ3v) is 5.26. The van der Waals surface area contributed by atoms with Crippen molar-refractivity contribution in [3.8, 4) is 0 Å². The molecule has 2 heterocycles. The standard InChI is InChI=1S/C15H25N3O3/c1-10-5-6-12(21-10)9-18-13(19)15(17-14(18)20)7-3-2-4-11(15)8-16/h10-12H,2-9,16H2,1H3,(H,17,20). The molecular weight excluding hydrogens is 270 g/mol. The minimum absolute atomic E-state index is 0.0234. The number of rotatable bonds is 3. The van der Waals surface area contributed by atoms with Crippen molar-refractivity contribution in [3.05, 3.63) is 0 Å². The monoisotopic (exact) mass is 295 g/mol. The zero-order valence-electron chi connectivity index (χ0n) is 12.6. The fourth-order valence-electron chi connectivity index (χ4n) is 4.04. The Labute approximate surface area is 125 Å². The fourth-order valence-corrected chi connectivity index (χ4v) is 4.04. The van der Waals surface area contributed by atoms with Crippen LogP contribution in [0.25, 0.3) is 0 Å². The van der Waals surface area contributed by atoms with Crippen molar-refractivity contribution in [3.63, 3.8) is 0 Å². The van der Waals surface area contributed by atoms with Crippen molar-refractivity contribution in [1.82, 2.24) is 10.2 Å². The van der Waals surface area contributed by atoms with Crippen LogP contribution in [0.3, 0.4) is 0 Å². The van der Waals surface area contributed by atoms with E-state index in [1.165, 1.54) is 4.90 Å². The number of imide groups is 1. The van der Waals surface area contributed by atoms with Crippen LogP contribution in [0.15, 0.2) is 0 Å². The summed E-state index contributed by atoms with van der Waals surface area (Å²) >= 11 is 0. The summed E-state index contributed by atoms with van der Waals surface area (Å²) in [6.45, 7) is 2.84. The molecule has 4 unspecified atom stereocenters. The average molecular weight is 295 g/mol. The van der Waals surface area contributed by atoms with Gasteiger partial charge in [-0.2, -0.15) is 0 Å². The molecule has 2 saturated heterocycles. The van der Waals surface area contributed by atoms with Gasteiger partial charge < -0.3 is 15.8 Å². The molecule has 118 valence electrons. The van der Waals surface area contributed by atoms with Gasteiger partial charge in [0.1, 0.15) is 5.54 Å². The Hall–Kier alpha value is -1.14. The third-order valence-electron chi connectivity index (χ3n) is 5.26. The number of amides is 3. The van der Waals surface area contributed by atoms with Crippen LogP contribution in [-0.4, -0.2) is 47.7 Å². The van der Waals surface area contributed by atoms with Crippen molar-refractivity contribution in [2.45, 2.75) is 63.2 Å². The molecule has 3 aliphatic rings. The summed E-state index contributed by atoms with van der Waals surface area (Å²) < 4.78 is 5.75. The van der Waals surface area contributed by atoms with Crippen LogP contribution in [0, 0.1) is 5.92 Å². The second-order valence-corrected chi connectivity index (χ2v) is 6.64. The van der Waals surface area contributed by atoms with E-state index in [0.29, 0.717) is 19.5 Å². The van der Waals surface area contributed by atoms with Gasteiger partial charge in [0, 0.05) is 5.92 Å². The molecule has 0 radical (unpaired) electrons. The molecule has 0 bridgehead atoms. The Bertz CT molecular complexity index is 442. The number of carbonyl (C=O) groups excluding carboxylic acids is 2. The molecule has 6 nitrogen and oxygen atoms in total. The van der Waals surface area contributed by atoms with Gasteiger partial charge in [-0.3, -0.25) is 9.69 Å². The Morgan fingerprint density at radius 3 is 2.81 bits per heavy atom. The highest BCUT2D eigenvalue weighted by Crippen LogP contribution is 2.38. The molecule has 3 N–H and O–H groups in total. The summed E-state index contributed by atoms with van der Waals surface area (Å²) in [5.41, 5.74) is 5.09. The van der Waals surface area contributed by atoms with Crippen LogP contribution in [0.4, 0.5) is 4.79 Å². The van der Waals surface area contributed by atoms with Crippen LogP contribution in [0.2, 0.25) is 0 Å². The molecule has 4 atom stereocenters. The first-order valence-electron chi connectivity index (χ1n) is 8.06. The molecule has 6 heteroatoms. The molecule has 0 aromatic rings. The first kappa shape index (κ1) is 14.8. The van der Waals surface area contributed by atoms with Crippen LogP contribution >= 0.6 is 0 Å². The molecule has 1 aliphatic carbocycles. The summed E-state index contributed by atoms with van der Waals surface area (Å²) in [5, 5.41) is 2.96. The van der Waals surface area contributed by atoms with Gasteiger partial charge in [-0.1, -0.05) is 12.8 Å². The number of urea groups is 1. The van der Waals surface area contributed by atoms with E-state index in [9.17, 15) is 9.59 Å². The Kier molecular flexibility index (Phi) is 3.92. The number of carbonyl (C=O) groups is 2. The molecule has 3 rings (SSSR count). The van der Waals surface area contributed by atoms with Gasteiger partial charge in [0.05, 0.1) is 18.8 Å². The maximum atomic E-state index is 12.9. The Morgan fingerprint density at radius 2 is 2.14 bits per heavy atom. The zero-order valence-corrected chi connectivity index (χ0v) is 12.6. The van der Waals surface area contributed by atoms with Gasteiger partial charge in [-0.15, -0.1) is 0 Å². The lowest BCUT2D eigenvalue weighted by molar-refractivity contribution is -0.135. The highest BCUT2D eigenvalue weighted by Gasteiger charge is 2.56. The number of nitrogens with two attached hydrogens (primary N) is 1. The molecule has 2 aliphatic heterocycles. The molecule has 1 spiro atoms. The Balaban J connectivity index is 1.75. The predicted octanol–water partition coefficient (Wildman–Crippen LogP) is 0.993. The van der Waals surface area contributed by atoms with E-state index in [4.69, 9.17) is 10.5 Å². The van der Waals surface area contributed by atoms with Crippen LogP contribution in [0.1, 0.15) is 45.4 Å². The van der Waals surface area contributed by atoms with E-state index >= 15 is 0 Å². The lowest BCUT2D eigenvalue weighted by atomic mass is 9.72. The van der Waals surface area contributed by atoms with Crippen molar-refractivity contribution in [1.29, 1.82) is 0 Å². The van der Waals surface area contributed by atoms with Crippen LogP contribution in [-0.2, 0) is 9.53 Å². The average Bonchev–Trinajstić information content (AvgIpc) is 2.98. The van der Waals surface area contributed by atoms with Gasteiger partial charge in [0.15, 0.2) is 0 Å². The van der Waals surface area contributed by atoms with Crippen molar-refractivity contribution >= 4 is 11.9 Å². The summed E-state index contributed by atoms with van der Waals surface area (Å²) in [7, 11) is 0. The van der Waals surface area contributed by atoms with Gasteiger partial charge in [0.25, 0.3) is 5.91 Å². The van der Waals surface area contributed by atoms with Gasteiger partial charge >= 0.3 is 6.03 Å². The number of nitrogens with one attached hydrogen (secondary N) is 1. The van der Waals surface area contributed by atoms with E-state index in [-0.39, 0.29) is 30.1 Å².